The molecule has 0 bridgehead atoms. The van der Waals surface area contributed by atoms with Gasteiger partial charge in [-0.15, -0.1) is 0 Å². The fraction of sp³-hybridized carbons (Fsp3) is 0.0417. The van der Waals surface area contributed by atoms with E-state index in [2.05, 4.69) is 18.2 Å². The maximum absolute atomic E-state index is 12.4. The lowest BCUT2D eigenvalue weighted by Gasteiger charge is -2.08. The number of carbonyl (C=O) groups excluding carboxylic acids is 1. The highest BCUT2D eigenvalue weighted by Crippen LogP contribution is 2.22. The summed E-state index contributed by atoms with van der Waals surface area (Å²) in [5, 5.41) is 2.26. The summed E-state index contributed by atoms with van der Waals surface area (Å²) in [6.07, 6.45) is 0. The standard InChI is InChI=1S/C24H18O2/c25-24(17-26-23-15-14-19-8-4-5-9-22(19)16-23)21-12-10-20(11-13-21)18-6-2-1-3-7-18/h1-16H,17H2. The molecule has 2 heteroatoms. The first-order valence-electron chi connectivity index (χ1n) is 8.60. The van der Waals surface area contributed by atoms with Crippen molar-refractivity contribution in [3.8, 4) is 16.9 Å². The van der Waals surface area contributed by atoms with Gasteiger partial charge in [0, 0.05) is 5.56 Å². The van der Waals surface area contributed by atoms with E-state index < -0.39 is 0 Å². The Hall–Kier alpha value is -3.39. The van der Waals surface area contributed by atoms with Crippen molar-refractivity contribution in [3.63, 3.8) is 0 Å². The predicted octanol–water partition coefficient (Wildman–Crippen LogP) is 5.77. The Labute approximate surface area is 152 Å². The van der Waals surface area contributed by atoms with Gasteiger partial charge in [-0.2, -0.15) is 0 Å². The molecule has 0 aromatic heterocycles. The molecule has 0 aliphatic carbocycles. The summed E-state index contributed by atoms with van der Waals surface area (Å²) < 4.78 is 5.70. The van der Waals surface area contributed by atoms with Crippen molar-refractivity contribution in [1.29, 1.82) is 0 Å². The van der Waals surface area contributed by atoms with Crippen LogP contribution in [0.4, 0.5) is 0 Å². The molecule has 4 rings (SSSR count). The van der Waals surface area contributed by atoms with Crippen LogP contribution in [-0.4, -0.2) is 12.4 Å². The molecule has 0 saturated carbocycles. The molecule has 0 heterocycles. The third-order valence-corrected chi connectivity index (χ3v) is 4.40. The first kappa shape index (κ1) is 16.1. The highest BCUT2D eigenvalue weighted by Gasteiger charge is 2.08. The smallest absolute Gasteiger partial charge is 0.200 e. The van der Waals surface area contributed by atoms with Gasteiger partial charge in [0.05, 0.1) is 0 Å². The molecule has 0 fully saturated rings. The van der Waals surface area contributed by atoms with Gasteiger partial charge in [0.2, 0.25) is 0 Å². The summed E-state index contributed by atoms with van der Waals surface area (Å²) in [6, 6.07) is 31.7. The first-order chi connectivity index (χ1) is 12.8. The van der Waals surface area contributed by atoms with Gasteiger partial charge in [-0.3, -0.25) is 4.79 Å². The molecule has 0 saturated heterocycles. The van der Waals surface area contributed by atoms with E-state index in [9.17, 15) is 4.79 Å². The van der Waals surface area contributed by atoms with Gasteiger partial charge in [0.1, 0.15) is 5.75 Å². The van der Waals surface area contributed by atoms with Gasteiger partial charge in [0.15, 0.2) is 12.4 Å². The molecule has 26 heavy (non-hydrogen) atoms. The van der Waals surface area contributed by atoms with Gasteiger partial charge in [0.25, 0.3) is 0 Å². The van der Waals surface area contributed by atoms with Crippen LogP contribution in [0.25, 0.3) is 21.9 Å². The van der Waals surface area contributed by atoms with E-state index in [1.54, 1.807) is 0 Å². The Kier molecular flexibility index (Phi) is 4.48. The second-order valence-corrected chi connectivity index (χ2v) is 6.16. The van der Waals surface area contributed by atoms with Crippen molar-refractivity contribution in [1.82, 2.24) is 0 Å². The zero-order valence-corrected chi connectivity index (χ0v) is 14.3. The highest BCUT2D eigenvalue weighted by atomic mass is 16.5. The molecule has 126 valence electrons. The number of carbonyl (C=O) groups is 1. The van der Waals surface area contributed by atoms with Crippen LogP contribution in [0.2, 0.25) is 0 Å². The Morgan fingerprint density at radius 3 is 2.08 bits per heavy atom. The molecule has 0 atom stereocenters. The van der Waals surface area contributed by atoms with Crippen molar-refractivity contribution < 1.29 is 9.53 Å². The van der Waals surface area contributed by atoms with Crippen LogP contribution in [0.1, 0.15) is 10.4 Å². The largest absolute Gasteiger partial charge is 0.485 e. The number of benzene rings is 4. The highest BCUT2D eigenvalue weighted by molar-refractivity contribution is 5.97. The number of ether oxygens (including phenoxy) is 1. The summed E-state index contributed by atoms with van der Waals surface area (Å²) in [5.41, 5.74) is 2.89. The lowest BCUT2D eigenvalue weighted by atomic mass is 10.0. The molecule has 2 nitrogen and oxygen atoms in total. The number of rotatable bonds is 5. The van der Waals surface area contributed by atoms with Gasteiger partial charge in [-0.1, -0.05) is 84.9 Å². The van der Waals surface area contributed by atoms with Crippen LogP contribution >= 0.6 is 0 Å². The zero-order chi connectivity index (χ0) is 17.8. The van der Waals surface area contributed by atoms with Gasteiger partial charge in [-0.05, 0) is 34.0 Å². The van der Waals surface area contributed by atoms with E-state index in [-0.39, 0.29) is 12.4 Å². The molecule has 0 unspecified atom stereocenters. The maximum atomic E-state index is 12.4. The average Bonchev–Trinajstić information content (AvgIpc) is 2.72. The second-order valence-electron chi connectivity index (χ2n) is 6.16. The normalized spacial score (nSPS) is 10.6. The number of Topliss-reactive ketones (excluding diaryl/α,β-unsaturated/α-hetero) is 1. The van der Waals surface area contributed by atoms with E-state index in [4.69, 9.17) is 4.74 Å². The Bertz CT molecular complexity index is 1030. The summed E-state index contributed by atoms with van der Waals surface area (Å²) in [7, 11) is 0. The summed E-state index contributed by atoms with van der Waals surface area (Å²) in [5.74, 6) is 0.677. The van der Waals surface area contributed by atoms with Crippen molar-refractivity contribution in [2.24, 2.45) is 0 Å². The van der Waals surface area contributed by atoms with Crippen molar-refractivity contribution >= 4 is 16.6 Å². The summed E-state index contributed by atoms with van der Waals surface area (Å²) >= 11 is 0. The second kappa shape index (κ2) is 7.24. The molecule has 0 radical (unpaired) electrons. The zero-order valence-electron chi connectivity index (χ0n) is 14.3. The quantitative estimate of drug-likeness (QED) is 0.432. The molecule has 0 aliphatic rings. The van der Waals surface area contributed by atoms with Crippen molar-refractivity contribution in [2.75, 3.05) is 6.61 Å². The molecule has 4 aromatic carbocycles. The van der Waals surface area contributed by atoms with E-state index >= 15 is 0 Å². The van der Waals surface area contributed by atoms with Crippen LogP contribution in [0.15, 0.2) is 97.1 Å². The van der Waals surface area contributed by atoms with Gasteiger partial charge >= 0.3 is 0 Å². The number of ketones is 1. The molecular weight excluding hydrogens is 320 g/mol. The average molecular weight is 338 g/mol. The lowest BCUT2D eigenvalue weighted by Crippen LogP contribution is -2.11. The predicted molar refractivity (Wildman–Crippen MR) is 106 cm³/mol. The van der Waals surface area contributed by atoms with Gasteiger partial charge in [-0.25, -0.2) is 0 Å². The minimum atomic E-state index is -0.0298. The third kappa shape index (κ3) is 3.50. The topological polar surface area (TPSA) is 26.3 Å². The monoisotopic (exact) mass is 338 g/mol. The fourth-order valence-electron chi connectivity index (χ4n) is 2.97. The van der Waals surface area contributed by atoms with Crippen LogP contribution in [0.5, 0.6) is 5.75 Å². The fourth-order valence-corrected chi connectivity index (χ4v) is 2.97. The maximum Gasteiger partial charge on any atom is 0.200 e. The van der Waals surface area contributed by atoms with E-state index in [1.807, 2.05) is 78.9 Å². The Balaban J connectivity index is 1.44. The molecular formula is C24H18O2. The molecule has 0 amide bonds. The summed E-state index contributed by atoms with van der Waals surface area (Å²) in [4.78, 5) is 12.4. The van der Waals surface area contributed by atoms with Crippen molar-refractivity contribution in [3.05, 3.63) is 103 Å². The number of hydrogen-bond acceptors (Lipinski definition) is 2. The third-order valence-electron chi connectivity index (χ3n) is 4.40. The van der Waals surface area contributed by atoms with Crippen LogP contribution in [0, 0.1) is 0 Å². The number of fused-ring (bicyclic) bond motifs is 1. The van der Waals surface area contributed by atoms with Crippen LogP contribution < -0.4 is 4.74 Å². The molecule has 0 aliphatic heterocycles. The minimum Gasteiger partial charge on any atom is -0.485 e. The first-order valence-corrected chi connectivity index (χ1v) is 8.60. The summed E-state index contributed by atoms with van der Waals surface area (Å²) in [6.45, 7) is 0.0308. The van der Waals surface area contributed by atoms with E-state index in [0.29, 0.717) is 11.3 Å². The lowest BCUT2D eigenvalue weighted by molar-refractivity contribution is 0.0921. The Morgan fingerprint density at radius 1 is 0.654 bits per heavy atom. The van der Waals surface area contributed by atoms with Crippen LogP contribution in [-0.2, 0) is 0 Å². The number of hydrogen-bond donors (Lipinski definition) is 0. The molecule has 0 spiro atoms. The SMILES string of the molecule is O=C(COc1ccc2ccccc2c1)c1ccc(-c2ccccc2)cc1. The Morgan fingerprint density at radius 2 is 1.31 bits per heavy atom. The molecule has 4 aromatic rings. The van der Waals surface area contributed by atoms with Crippen molar-refractivity contribution in [2.45, 2.75) is 0 Å². The molecule has 0 N–H and O–H groups in total. The van der Waals surface area contributed by atoms with E-state index in [1.165, 1.54) is 0 Å². The van der Waals surface area contributed by atoms with E-state index in [0.717, 1.165) is 21.9 Å². The van der Waals surface area contributed by atoms with Gasteiger partial charge < -0.3 is 4.74 Å². The van der Waals surface area contributed by atoms with Crippen LogP contribution in [0.3, 0.4) is 0 Å². The minimum absolute atomic E-state index is 0.0298.